The van der Waals surface area contributed by atoms with E-state index in [1.165, 1.54) is 6.07 Å². The summed E-state index contributed by atoms with van der Waals surface area (Å²) < 4.78 is 9.69. The molecule has 26 heavy (non-hydrogen) atoms. The van der Waals surface area contributed by atoms with Crippen LogP contribution in [0.1, 0.15) is 25.0 Å². The van der Waals surface area contributed by atoms with Gasteiger partial charge in [-0.3, -0.25) is 24.1 Å². The second-order valence-electron chi connectivity index (χ2n) is 7.18. The van der Waals surface area contributed by atoms with Gasteiger partial charge in [0, 0.05) is 6.07 Å². The average molecular weight is 361 g/mol. The van der Waals surface area contributed by atoms with E-state index in [9.17, 15) is 19.2 Å². The molecule has 4 atom stereocenters. The number of anilines is 1. The molecule has 0 unspecified atom stereocenters. The van der Waals surface area contributed by atoms with E-state index in [0.29, 0.717) is 5.76 Å². The van der Waals surface area contributed by atoms with Crippen molar-refractivity contribution >= 4 is 29.5 Å². The fourth-order valence-electron chi connectivity index (χ4n) is 4.55. The Bertz CT molecular complexity index is 759. The molecule has 1 aliphatic heterocycles. The van der Waals surface area contributed by atoms with Gasteiger partial charge in [-0.15, -0.1) is 0 Å². The van der Waals surface area contributed by atoms with Crippen LogP contribution in [0, 0.1) is 30.6 Å². The Balaban J connectivity index is 1.29. The molecule has 138 valence electrons. The molecule has 1 saturated heterocycles. The summed E-state index contributed by atoms with van der Waals surface area (Å²) in [6.07, 6.45) is 2.89. The molecule has 2 heterocycles. The Hall–Kier alpha value is -2.71. The van der Waals surface area contributed by atoms with Gasteiger partial charge in [0.15, 0.2) is 12.4 Å². The van der Waals surface area contributed by atoms with Crippen LogP contribution in [0.3, 0.4) is 0 Å². The molecule has 2 saturated carbocycles. The van der Waals surface area contributed by atoms with E-state index < -0.39 is 25.0 Å². The summed E-state index contributed by atoms with van der Waals surface area (Å²) in [6, 6.07) is 1.52. The number of carbonyl (C=O) groups is 4. The molecule has 3 aliphatic rings. The Morgan fingerprint density at radius 2 is 1.92 bits per heavy atom. The lowest BCUT2D eigenvalue weighted by Crippen LogP contribution is -2.38. The highest BCUT2D eigenvalue weighted by Crippen LogP contribution is 2.56. The normalized spacial score (nSPS) is 29.2. The van der Waals surface area contributed by atoms with Crippen LogP contribution in [-0.2, 0) is 23.9 Å². The maximum absolute atomic E-state index is 12.5. The van der Waals surface area contributed by atoms with Gasteiger partial charge >= 0.3 is 5.97 Å². The lowest BCUT2D eigenvalue weighted by Gasteiger charge is -2.19. The minimum Gasteiger partial charge on any atom is -0.454 e. The first kappa shape index (κ1) is 16.7. The molecular formula is C17H19N3O6. The van der Waals surface area contributed by atoms with Gasteiger partial charge in [0.2, 0.25) is 11.8 Å². The van der Waals surface area contributed by atoms with Gasteiger partial charge in [0.05, 0.1) is 11.8 Å². The second kappa shape index (κ2) is 6.22. The van der Waals surface area contributed by atoms with Crippen LogP contribution >= 0.6 is 0 Å². The van der Waals surface area contributed by atoms with Crippen LogP contribution in [0.25, 0.3) is 0 Å². The number of hydrogen-bond acceptors (Lipinski definition) is 7. The number of amides is 3. The van der Waals surface area contributed by atoms with Crippen molar-refractivity contribution in [3.8, 4) is 0 Å². The predicted octanol–water partition coefficient (Wildman–Crippen LogP) is 0.496. The third-order valence-corrected chi connectivity index (χ3v) is 5.57. The highest BCUT2D eigenvalue weighted by atomic mass is 16.5. The first-order chi connectivity index (χ1) is 12.4. The van der Waals surface area contributed by atoms with E-state index in [2.05, 4.69) is 10.5 Å². The average Bonchev–Trinajstić information content (AvgIpc) is 3.35. The van der Waals surface area contributed by atoms with Gasteiger partial charge in [-0.1, -0.05) is 5.16 Å². The number of fused-ring (bicyclic) bond motifs is 5. The van der Waals surface area contributed by atoms with E-state index >= 15 is 0 Å². The van der Waals surface area contributed by atoms with Gasteiger partial charge in [-0.2, -0.15) is 0 Å². The number of esters is 1. The molecule has 9 heteroatoms. The number of likely N-dealkylation sites (tertiary alicyclic amines) is 1. The highest BCUT2D eigenvalue weighted by Gasteiger charge is 2.61. The third kappa shape index (κ3) is 2.77. The summed E-state index contributed by atoms with van der Waals surface area (Å²) in [5.41, 5.74) is 0. The lowest BCUT2D eigenvalue weighted by atomic mass is 9.81. The quantitative estimate of drug-likeness (QED) is 0.599. The third-order valence-electron chi connectivity index (χ3n) is 5.57. The molecule has 1 N–H and O–H groups in total. The van der Waals surface area contributed by atoms with Gasteiger partial charge < -0.3 is 14.6 Å². The number of hydrogen-bond donors (Lipinski definition) is 1. The van der Waals surface area contributed by atoms with E-state index in [-0.39, 0.29) is 41.3 Å². The first-order valence-corrected chi connectivity index (χ1v) is 8.68. The number of aromatic nitrogens is 1. The van der Waals surface area contributed by atoms with Crippen LogP contribution in [0.4, 0.5) is 5.82 Å². The molecule has 0 radical (unpaired) electrons. The number of nitrogens with zero attached hydrogens (tertiary/aromatic N) is 2. The molecule has 0 aromatic carbocycles. The predicted molar refractivity (Wildman–Crippen MR) is 85.4 cm³/mol. The van der Waals surface area contributed by atoms with Crippen molar-refractivity contribution in [1.82, 2.24) is 10.1 Å². The zero-order valence-electron chi connectivity index (χ0n) is 14.3. The maximum atomic E-state index is 12.5. The number of nitrogens with one attached hydrogen (secondary N) is 1. The Kier molecular flexibility index (Phi) is 4.01. The number of imide groups is 1. The van der Waals surface area contributed by atoms with Gasteiger partial charge in [-0.25, -0.2) is 0 Å². The largest absolute Gasteiger partial charge is 0.454 e. The fraction of sp³-hybridized carbons (Fsp3) is 0.588. The summed E-state index contributed by atoms with van der Waals surface area (Å²) in [5, 5.41) is 6.01. The Morgan fingerprint density at radius 1 is 1.27 bits per heavy atom. The van der Waals surface area contributed by atoms with Crippen LogP contribution in [0.15, 0.2) is 10.6 Å². The summed E-state index contributed by atoms with van der Waals surface area (Å²) in [5.74, 6) is -1.18. The van der Waals surface area contributed by atoms with Crippen LogP contribution in [-0.4, -0.2) is 46.9 Å². The van der Waals surface area contributed by atoms with Gasteiger partial charge in [0.25, 0.3) is 5.91 Å². The molecule has 0 spiro atoms. The Labute approximate surface area is 149 Å². The van der Waals surface area contributed by atoms with Crippen molar-refractivity contribution in [2.24, 2.45) is 23.7 Å². The molecule has 1 aromatic heterocycles. The standard InChI is InChI=1S/C17H19N3O6/c1-8-4-11(19-26-8)18-12(21)7-25-13(22)6-20-16(23)14-9-2-3-10(5-9)15(14)17(20)24/h4,9-10,14-15H,2-3,5-7H2,1H3,(H,18,19,21)/t9-,10-,14-,15-/m0/s1. The van der Waals surface area contributed by atoms with Crippen LogP contribution < -0.4 is 5.32 Å². The summed E-state index contributed by atoms with van der Waals surface area (Å²) in [6.45, 7) is 0.702. The van der Waals surface area contributed by atoms with Crippen molar-refractivity contribution in [3.05, 3.63) is 11.8 Å². The lowest BCUT2D eigenvalue weighted by molar-refractivity contribution is -0.154. The van der Waals surface area contributed by atoms with Crippen LogP contribution in [0.5, 0.6) is 0 Å². The van der Waals surface area contributed by atoms with E-state index in [4.69, 9.17) is 9.26 Å². The van der Waals surface area contributed by atoms with E-state index in [0.717, 1.165) is 24.2 Å². The second-order valence-corrected chi connectivity index (χ2v) is 7.18. The minimum atomic E-state index is -0.787. The topological polar surface area (TPSA) is 119 Å². The highest BCUT2D eigenvalue weighted by molar-refractivity contribution is 6.07. The molecular weight excluding hydrogens is 342 g/mol. The Morgan fingerprint density at radius 3 is 2.50 bits per heavy atom. The molecule has 2 aliphatic carbocycles. The molecule has 2 bridgehead atoms. The maximum Gasteiger partial charge on any atom is 0.326 e. The molecule has 1 aromatic rings. The smallest absolute Gasteiger partial charge is 0.326 e. The van der Waals surface area contributed by atoms with Crippen molar-refractivity contribution < 1.29 is 28.4 Å². The number of carbonyl (C=O) groups excluding carboxylic acids is 4. The van der Waals surface area contributed by atoms with Gasteiger partial charge in [-0.05, 0) is 38.0 Å². The number of aryl methyl sites for hydroxylation is 1. The molecule has 9 nitrogen and oxygen atoms in total. The first-order valence-electron chi connectivity index (χ1n) is 8.68. The summed E-state index contributed by atoms with van der Waals surface area (Å²) in [7, 11) is 0. The number of rotatable bonds is 5. The summed E-state index contributed by atoms with van der Waals surface area (Å²) >= 11 is 0. The van der Waals surface area contributed by atoms with Crippen molar-refractivity contribution in [2.45, 2.75) is 26.2 Å². The fourth-order valence-corrected chi connectivity index (χ4v) is 4.55. The van der Waals surface area contributed by atoms with E-state index in [1.54, 1.807) is 6.92 Å². The van der Waals surface area contributed by atoms with Crippen molar-refractivity contribution in [3.63, 3.8) is 0 Å². The zero-order valence-corrected chi connectivity index (χ0v) is 14.3. The minimum absolute atomic E-state index is 0.219. The van der Waals surface area contributed by atoms with E-state index in [1.807, 2.05) is 0 Å². The summed E-state index contributed by atoms with van der Waals surface area (Å²) in [4.78, 5) is 49.7. The SMILES string of the molecule is Cc1cc(NC(=O)COC(=O)CN2C(=O)[C@H]3[C@H]4CC[C@@H](C4)[C@@H]3C2=O)no1. The molecule has 3 amide bonds. The zero-order chi connectivity index (χ0) is 18.4. The number of ether oxygens (including phenoxy) is 1. The van der Waals surface area contributed by atoms with Crippen molar-refractivity contribution in [1.29, 1.82) is 0 Å². The molecule has 4 rings (SSSR count). The van der Waals surface area contributed by atoms with Gasteiger partial charge in [0.1, 0.15) is 12.3 Å². The monoisotopic (exact) mass is 361 g/mol. The van der Waals surface area contributed by atoms with Crippen molar-refractivity contribution in [2.75, 3.05) is 18.5 Å². The van der Waals surface area contributed by atoms with Crippen LogP contribution in [0.2, 0.25) is 0 Å². The molecule has 3 fully saturated rings.